The molecular formula is C84H52N2. The van der Waals surface area contributed by atoms with Crippen LogP contribution in [0.15, 0.2) is 315 Å². The SMILES string of the molecule is C(#Cc1cc(-c2c3ccccc3cc3ccccc23)c2ccc3c(-c4c5ccccc5cc5ccccc45)cc(C#Cc4ccc(N(c5ccccc5)c5ccccc5)cc4)c4ccc1c2c43)c1ccc(N(c2ccccc2)c2ccccc2)cc1. The van der Waals surface area contributed by atoms with Crippen LogP contribution in [0.5, 0.6) is 0 Å². The van der Waals surface area contributed by atoms with Crippen LogP contribution in [-0.4, -0.2) is 0 Å². The summed E-state index contributed by atoms with van der Waals surface area (Å²) in [5.74, 6) is 15.0. The highest BCUT2D eigenvalue weighted by molar-refractivity contribution is 6.32. The lowest BCUT2D eigenvalue weighted by molar-refractivity contribution is 1.28. The van der Waals surface area contributed by atoms with Crippen molar-refractivity contribution in [2.75, 3.05) is 9.80 Å². The molecule has 0 saturated heterocycles. The highest BCUT2D eigenvalue weighted by atomic mass is 15.1. The molecule has 0 saturated carbocycles. The van der Waals surface area contributed by atoms with Gasteiger partial charge in [-0.1, -0.05) is 218 Å². The van der Waals surface area contributed by atoms with Crippen LogP contribution in [0.2, 0.25) is 0 Å². The van der Waals surface area contributed by atoms with Crippen LogP contribution in [0.25, 0.3) is 97.7 Å². The monoisotopic (exact) mass is 1090 g/mol. The average molecular weight is 1090 g/mol. The van der Waals surface area contributed by atoms with Gasteiger partial charge in [-0.2, -0.15) is 0 Å². The van der Waals surface area contributed by atoms with Crippen molar-refractivity contribution in [3.63, 3.8) is 0 Å². The molecule has 0 radical (unpaired) electrons. The summed E-state index contributed by atoms with van der Waals surface area (Å²) in [7, 11) is 0. The molecule has 86 heavy (non-hydrogen) atoms. The van der Waals surface area contributed by atoms with E-state index in [-0.39, 0.29) is 0 Å². The summed E-state index contributed by atoms with van der Waals surface area (Å²) in [6.07, 6.45) is 0. The molecule has 2 heteroatoms. The first-order chi connectivity index (χ1) is 42.7. The minimum Gasteiger partial charge on any atom is -0.311 e. The van der Waals surface area contributed by atoms with Crippen molar-refractivity contribution in [3.05, 3.63) is 338 Å². The van der Waals surface area contributed by atoms with E-state index in [1.165, 1.54) is 75.8 Å². The summed E-state index contributed by atoms with van der Waals surface area (Å²) in [6.45, 7) is 0. The van der Waals surface area contributed by atoms with E-state index < -0.39 is 0 Å². The molecule has 0 aliphatic rings. The molecule has 0 aliphatic heterocycles. The Hall–Kier alpha value is -11.7. The molecule has 0 N–H and O–H groups in total. The first-order valence-corrected chi connectivity index (χ1v) is 29.3. The van der Waals surface area contributed by atoms with E-state index in [0.29, 0.717) is 0 Å². The van der Waals surface area contributed by atoms with Gasteiger partial charge in [-0.3, -0.25) is 0 Å². The summed E-state index contributed by atoms with van der Waals surface area (Å²) >= 11 is 0. The number of hydrogen-bond donors (Lipinski definition) is 0. The first-order valence-electron chi connectivity index (χ1n) is 29.3. The third-order valence-corrected chi connectivity index (χ3v) is 17.0. The lowest BCUT2D eigenvalue weighted by Gasteiger charge is -2.25. The Kier molecular flexibility index (Phi) is 12.4. The second kappa shape index (κ2) is 21.3. The molecule has 0 atom stereocenters. The molecule has 0 aliphatic carbocycles. The van der Waals surface area contributed by atoms with Crippen LogP contribution in [0.4, 0.5) is 34.1 Å². The molecule has 0 unspecified atom stereocenters. The average Bonchev–Trinajstić information content (AvgIpc) is 0.834. The first kappa shape index (κ1) is 50.1. The largest absolute Gasteiger partial charge is 0.311 e. The molecular weight excluding hydrogens is 1040 g/mol. The number of rotatable bonds is 8. The van der Waals surface area contributed by atoms with Gasteiger partial charge in [0, 0.05) is 56.4 Å². The number of para-hydroxylation sites is 4. The zero-order chi connectivity index (χ0) is 56.9. The highest BCUT2D eigenvalue weighted by Crippen LogP contribution is 2.49. The Bertz CT molecular complexity index is 4850. The zero-order valence-electron chi connectivity index (χ0n) is 46.9. The van der Waals surface area contributed by atoms with E-state index in [4.69, 9.17) is 0 Å². The Morgan fingerprint density at radius 3 is 0.779 bits per heavy atom. The third kappa shape index (κ3) is 8.81. The van der Waals surface area contributed by atoms with E-state index in [1.54, 1.807) is 0 Å². The Balaban J connectivity index is 0.941. The minimum atomic E-state index is 0.932. The topological polar surface area (TPSA) is 6.48 Å². The normalized spacial score (nSPS) is 11.3. The summed E-state index contributed by atoms with van der Waals surface area (Å²) in [6, 6.07) is 114. The van der Waals surface area contributed by atoms with Gasteiger partial charge < -0.3 is 9.80 Å². The molecule has 2 nitrogen and oxygen atoms in total. The predicted molar refractivity (Wildman–Crippen MR) is 365 cm³/mol. The third-order valence-electron chi connectivity index (χ3n) is 17.0. The number of benzene rings is 16. The lowest BCUT2D eigenvalue weighted by atomic mass is 9.81. The van der Waals surface area contributed by atoms with Gasteiger partial charge in [0.2, 0.25) is 0 Å². The number of hydrogen-bond acceptors (Lipinski definition) is 2. The molecule has 0 bridgehead atoms. The van der Waals surface area contributed by atoms with Crippen molar-refractivity contribution in [3.8, 4) is 45.9 Å². The lowest BCUT2D eigenvalue weighted by Crippen LogP contribution is -2.09. The highest BCUT2D eigenvalue weighted by Gasteiger charge is 2.23. The molecule has 0 spiro atoms. The van der Waals surface area contributed by atoms with E-state index in [2.05, 4.69) is 349 Å². The van der Waals surface area contributed by atoms with Crippen molar-refractivity contribution >= 4 is 110 Å². The van der Waals surface area contributed by atoms with E-state index in [9.17, 15) is 0 Å². The maximum Gasteiger partial charge on any atom is 0.0462 e. The Morgan fingerprint density at radius 2 is 0.465 bits per heavy atom. The second-order valence-electron chi connectivity index (χ2n) is 22.0. The fourth-order valence-corrected chi connectivity index (χ4v) is 13.1. The fourth-order valence-electron chi connectivity index (χ4n) is 13.1. The maximum atomic E-state index is 3.83. The Labute approximate surface area is 500 Å². The van der Waals surface area contributed by atoms with Gasteiger partial charge in [-0.15, -0.1) is 0 Å². The van der Waals surface area contributed by atoms with Gasteiger partial charge in [0.25, 0.3) is 0 Å². The van der Waals surface area contributed by atoms with Gasteiger partial charge in [-0.05, 0) is 219 Å². The number of nitrogens with zero attached hydrogens (tertiary/aromatic N) is 2. The van der Waals surface area contributed by atoms with Crippen molar-refractivity contribution in [1.82, 2.24) is 0 Å². The summed E-state index contributed by atoms with van der Waals surface area (Å²) in [4.78, 5) is 4.57. The van der Waals surface area contributed by atoms with Crippen molar-refractivity contribution in [2.45, 2.75) is 0 Å². The van der Waals surface area contributed by atoms with E-state index in [0.717, 1.165) is 78.3 Å². The fraction of sp³-hybridized carbons (Fsp3) is 0. The van der Waals surface area contributed by atoms with Crippen LogP contribution < -0.4 is 9.80 Å². The molecule has 16 aromatic carbocycles. The minimum absolute atomic E-state index is 0.932. The van der Waals surface area contributed by atoms with Crippen molar-refractivity contribution in [1.29, 1.82) is 0 Å². The molecule has 16 rings (SSSR count). The Morgan fingerprint density at radius 1 is 0.198 bits per heavy atom. The number of fused-ring (bicyclic) bond motifs is 4. The molecule has 0 amide bonds. The van der Waals surface area contributed by atoms with Crippen LogP contribution in [-0.2, 0) is 0 Å². The number of anilines is 6. The quantitative estimate of drug-likeness (QED) is 0.0850. The molecule has 0 fully saturated rings. The maximum absolute atomic E-state index is 3.83. The van der Waals surface area contributed by atoms with Gasteiger partial charge in [0.05, 0.1) is 0 Å². The molecule has 16 aromatic rings. The smallest absolute Gasteiger partial charge is 0.0462 e. The van der Waals surface area contributed by atoms with Crippen molar-refractivity contribution < 1.29 is 0 Å². The van der Waals surface area contributed by atoms with Gasteiger partial charge >= 0.3 is 0 Å². The zero-order valence-corrected chi connectivity index (χ0v) is 46.9. The van der Waals surface area contributed by atoms with Crippen LogP contribution in [0.3, 0.4) is 0 Å². The van der Waals surface area contributed by atoms with Gasteiger partial charge in [0.1, 0.15) is 0 Å². The van der Waals surface area contributed by atoms with Crippen molar-refractivity contribution in [2.24, 2.45) is 0 Å². The summed E-state index contributed by atoms with van der Waals surface area (Å²) in [5, 5.41) is 16.5. The molecule has 0 aromatic heterocycles. The standard InChI is InChI=1S/C84H52N2/c1-5-25-65(26-6-1)85(66-27-7-2-8-28-66)69-45-39-57(40-46-69)37-43-63-55-79(81-71-33-17-13-21-59(71)53-60-22-14-18-34-72(60)81)77-51-52-78-80(82-73-35-19-15-23-61(73)54-62-24-16-20-36-74(62)82)56-64(76-50-49-75(63)83(77)84(76)78)44-38-58-41-47-70(48-42-58)86(67-29-9-3-10-30-67)68-31-11-4-12-32-68/h1-36,39-42,45-56H. The van der Waals surface area contributed by atoms with E-state index >= 15 is 0 Å². The summed E-state index contributed by atoms with van der Waals surface area (Å²) < 4.78 is 0. The van der Waals surface area contributed by atoms with Gasteiger partial charge in [0.15, 0.2) is 0 Å². The second-order valence-corrected chi connectivity index (χ2v) is 22.0. The van der Waals surface area contributed by atoms with E-state index in [1.807, 2.05) is 0 Å². The van der Waals surface area contributed by atoms with Gasteiger partial charge in [-0.25, -0.2) is 0 Å². The van der Waals surface area contributed by atoms with Crippen LogP contribution >= 0.6 is 0 Å². The summed E-state index contributed by atoms with van der Waals surface area (Å²) in [5.41, 5.74) is 15.0. The molecule has 398 valence electrons. The molecule has 0 heterocycles. The van der Waals surface area contributed by atoms with Crippen LogP contribution in [0, 0.1) is 23.7 Å². The predicted octanol–water partition coefficient (Wildman–Crippen LogP) is 22.3. The van der Waals surface area contributed by atoms with Crippen LogP contribution in [0.1, 0.15) is 22.3 Å².